The molecule has 4 rings (SSSR count). The highest BCUT2D eigenvalue weighted by molar-refractivity contribution is 7.15. The zero-order chi connectivity index (χ0) is 16.2. The molecule has 122 valence electrons. The summed E-state index contributed by atoms with van der Waals surface area (Å²) in [6.07, 6.45) is 10.4. The van der Waals surface area contributed by atoms with Crippen LogP contribution >= 0.6 is 11.3 Å². The van der Waals surface area contributed by atoms with Crippen molar-refractivity contribution in [3.63, 3.8) is 0 Å². The predicted octanol–water partition coefficient (Wildman–Crippen LogP) is 3.25. The summed E-state index contributed by atoms with van der Waals surface area (Å²) in [5.41, 5.74) is 1.08. The Labute approximate surface area is 145 Å². The Morgan fingerprint density at radius 1 is 1.12 bits per heavy atom. The third-order valence-electron chi connectivity index (χ3n) is 4.02. The number of nitrogens with zero attached hydrogens (tertiary/aromatic N) is 4. The Kier molecular flexibility index (Phi) is 4.49. The summed E-state index contributed by atoms with van der Waals surface area (Å²) >= 11 is 1.74. The van der Waals surface area contributed by atoms with Gasteiger partial charge in [0.05, 0.1) is 0 Å². The van der Waals surface area contributed by atoms with Gasteiger partial charge < -0.3 is 4.74 Å². The molecule has 5 nitrogen and oxygen atoms in total. The molecule has 1 fully saturated rings. The number of pyridine rings is 2. The first kappa shape index (κ1) is 15.2. The zero-order valence-electron chi connectivity index (χ0n) is 13.2. The van der Waals surface area contributed by atoms with Gasteiger partial charge >= 0.3 is 0 Å². The molecule has 1 aliphatic heterocycles. The van der Waals surface area contributed by atoms with Crippen molar-refractivity contribution in [2.24, 2.45) is 0 Å². The van der Waals surface area contributed by atoms with Gasteiger partial charge in [-0.3, -0.25) is 14.9 Å². The van der Waals surface area contributed by atoms with E-state index >= 15 is 0 Å². The molecule has 24 heavy (non-hydrogen) atoms. The summed E-state index contributed by atoms with van der Waals surface area (Å²) in [7, 11) is 0. The third kappa shape index (κ3) is 3.60. The van der Waals surface area contributed by atoms with E-state index in [0.717, 1.165) is 42.4 Å². The van der Waals surface area contributed by atoms with Crippen molar-refractivity contribution in [1.29, 1.82) is 0 Å². The predicted molar refractivity (Wildman–Crippen MR) is 93.9 cm³/mol. The van der Waals surface area contributed by atoms with Crippen LogP contribution in [0.2, 0.25) is 0 Å². The standard InChI is InChI=1S/C18H18N4OS/c1-2-14(10-20-6-1)18-21-11-17(24-18)13-22-9-5-16(12-22)23-15-3-7-19-8-4-15/h1-4,6-8,10-11,16H,5,9,12-13H2/t16-/m1/s1. The van der Waals surface area contributed by atoms with Crippen LogP contribution in [0.15, 0.2) is 55.2 Å². The SMILES string of the molecule is c1cncc(-c2ncc(CN3CC[C@@H](Oc4ccncc4)C3)s2)c1. The normalized spacial score (nSPS) is 17.9. The smallest absolute Gasteiger partial charge is 0.125 e. The second-order valence-corrected chi connectivity index (χ2v) is 6.94. The fourth-order valence-electron chi connectivity index (χ4n) is 2.87. The van der Waals surface area contributed by atoms with E-state index in [9.17, 15) is 0 Å². The highest BCUT2D eigenvalue weighted by Gasteiger charge is 2.24. The van der Waals surface area contributed by atoms with E-state index in [0.29, 0.717) is 0 Å². The molecule has 0 amide bonds. The molecule has 0 saturated carbocycles. The van der Waals surface area contributed by atoms with E-state index in [4.69, 9.17) is 4.74 Å². The highest BCUT2D eigenvalue weighted by atomic mass is 32.1. The summed E-state index contributed by atoms with van der Waals surface area (Å²) in [5.74, 6) is 0.897. The number of thiazole rings is 1. The lowest BCUT2D eigenvalue weighted by Gasteiger charge is -2.15. The second-order valence-electron chi connectivity index (χ2n) is 5.82. The van der Waals surface area contributed by atoms with Crippen molar-refractivity contribution in [3.05, 3.63) is 60.1 Å². The second kappa shape index (κ2) is 7.07. The molecular weight excluding hydrogens is 320 g/mol. The van der Waals surface area contributed by atoms with Crippen LogP contribution in [0.1, 0.15) is 11.3 Å². The van der Waals surface area contributed by atoms with Gasteiger partial charge in [-0.15, -0.1) is 11.3 Å². The Balaban J connectivity index is 1.34. The number of ether oxygens (including phenoxy) is 1. The van der Waals surface area contributed by atoms with Crippen molar-refractivity contribution in [1.82, 2.24) is 19.9 Å². The van der Waals surface area contributed by atoms with Crippen LogP contribution in [0.4, 0.5) is 0 Å². The summed E-state index contributed by atoms with van der Waals surface area (Å²) in [6.45, 7) is 2.92. The first-order valence-electron chi connectivity index (χ1n) is 8.01. The average Bonchev–Trinajstić information content (AvgIpc) is 3.27. The van der Waals surface area contributed by atoms with Crippen molar-refractivity contribution in [3.8, 4) is 16.3 Å². The van der Waals surface area contributed by atoms with Gasteiger partial charge in [0, 0.05) is 61.1 Å². The van der Waals surface area contributed by atoms with E-state index in [1.165, 1.54) is 4.88 Å². The van der Waals surface area contributed by atoms with Crippen LogP contribution in [0.5, 0.6) is 5.75 Å². The van der Waals surface area contributed by atoms with E-state index in [-0.39, 0.29) is 6.10 Å². The summed E-state index contributed by atoms with van der Waals surface area (Å²) in [6, 6.07) is 7.81. The quantitative estimate of drug-likeness (QED) is 0.715. The van der Waals surface area contributed by atoms with Crippen molar-refractivity contribution in [2.75, 3.05) is 13.1 Å². The number of hydrogen-bond acceptors (Lipinski definition) is 6. The summed E-state index contributed by atoms with van der Waals surface area (Å²) in [4.78, 5) is 16.4. The van der Waals surface area contributed by atoms with Crippen molar-refractivity contribution < 1.29 is 4.74 Å². The van der Waals surface area contributed by atoms with Crippen LogP contribution in [0.3, 0.4) is 0 Å². The van der Waals surface area contributed by atoms with Gasteiger partial charge in [0.15, 0.2) is 0 Å². The Morgan fingerprint density at radius 2 is 2.04 bits per heavy atom. The maximum atomic E-state index is 6.02. The largest absolute Gasteiger partial charge is 0.489 e. The maximum absolute atomic E-state index is 6.02. The Morgan fingerprint density at radius 3 is 2.88 bits per heavy atom. The molecule has 1 saturated heterocycles. The minimum atomic E-state index is 0.248. The monoisotopic (exact) mass is 338 g/mol. The molecule has 1 aliphatic rings. The molecule has 3 aromatic heterocycles. The topological polar surface area (TPSA) is 51.1 Å². The minimum Gasteiger partial charge on any atom is -0.489 e. The van der Waals surface area contributed by atoms with Crippen LogP contribution in [-0.4, -0.2) is 39.0 Å². The van der Waals surface area contributed by atoms with Gasteiger partial charge in [0.25, 0.3) is 0 Å². The molecule has 0 aromatic carbocycles. The number of rotatable bonds is 5. The van der Waals surface area contributed by atoms with Gasteiger partial charge in [-0.05, 0) is 30.7 Å². The molecule has 0 aliphatic carbocycles. The molecule has 0 N–H and O–H groups in total. The maximum Gasteiger partial charge on any atom is 0.125 e. The first-order chi connectivity index (χ1) is 11.9. The molecule has 0 radical (unpaired) electrons. The molecule has 1 atom stereocenters. The van der Waals surface area contributed by atoms with Crippen LogP contribution in [0, 0.1) is 0 Å². The molecule has 3 aromatic rings. The average molecular weight is 338 g/mol. The van der Waals surface area contributed by atoms with Gasteiger partial charge in [0.2, 0.25) is 0 Å². The number of hydrogen-bond donors (Lipinski definition) is 0. The molecule has 0 bridgehead atoms. The minimum absolute atomic E-state index is 0.248. The molecule has 6 heteroatoms. The van der Waals surface area contributed by atoms with E-state index in [2.05, 4.69) is 19.9 Å². The molecule has 4 heterocycles. The Hall–Kier alpha value is -2.31. The lowest BCUT2D eigenvalue weighted by atomic mass is 10.3. The van der Waals surface area contributed by atoms with Crippen molar-refractivity contribution in [2.45, 2.75) is 19.1 Å². The van der Waals surface area contributed by atoms with Crippen molar-refractivity contribution >= 4 is 11.3 Å². The summed E-state index contributed by atoms with van der Waals surface area (Å²) < 4.78 is 6.02. The van der Waals surface area contributed by atoms with Gasteiger partial charge in [-0.2, -0.15) is 0 Å². The molecule has 0 spiro atoms. The molecular formula is C18H18N4OS. The van der Waals surface area contributed by atoms with Gasteiger partial charge in [-0.1, -0.05) is 0 Å². The van der Waals surface area contributed by atoms with Crippen LogP contribution in [-0.2, 0) is 6.54 Å². The lowest BCUT2D eigenvalue weighted by molar-refractivity contribution is 0.198. The van der Waals surface area contributed by atoms with Gasteiger partial charge in [-0.25, -0.2) is 4.98 Å². The summed E-state index contributed by atoms with van der Waals surface area (Å²) in [5, 5.41) is 1.03. The van der Waals surface area contributed by atoms with Crippen LogP contribution in [0.25, 0.3) is 10.6 Å². The van der Waals surface area contributed by atoms with E-state index in [1.807, 2.05) is 36.7 Å². The number of likely N-dealkylation sites (tertiary alicyclic amines) is 1. The zero-order valence-corrected chi connectivity index (χ0v) is 14.0. The van der Waals surface area contributed by atoms with Crippen LogP contribution < -0.4 is 4.74 Å². The Bertz CT molecular complexity index is 778. The third-order valence-corrected chi connectivity index (χ3v) is 5.05. The lowest BCUT2D eigenvalue weighted by Crippen LogP contribution is -2.24. The van der Waals surface area contributed by atoms with E-state index < -0.39 is 0 Å². The van der Waals surface area contributed by atoms with E-state index in [1.54, 1.807) is 29.9 Å². The fourth-order valence-corrected chi connectivity index (χ4v) is 3.81. The molecule has 0 unspecified atom stereocenters. The first-order valence-corrected chi connectivity index (χ1v) is 8.82. The fraction of sp³-hybridized carbons (Fsp3) is 0.278. The van der Waals surface area contributed by atoms with Gasteiger partial charge in [0.1, 0.15) is 16.9 Å². The number of aromatic nitrogens is 3. The highest BCUT2D eigenvalue weighted by Crippen LogP contribution is 2.26.